The summed E-state index contributed by atoms with van der Waals surface area (Å²) >= 11 is 5.03. The molecule has 1 spiro atoms. The zero-order chi connectivity index (χ0) is 25.4. The first-order valence-corrected chi connectivity index (χ1v) is 14.2. The number of thiophene rings is 1. The number of piperidine rings is 1. The van der Waals surface area contributed by atoms with Gasteiger partial charge in [0.1, 0.15) is 6.10 Å². The highest BCUT2D eigenvalue weighted by Gasteiger charge is 2.74. The van der Waals surface area contributed by atoms with E-state index in [0.717, 1.165) is 27.0 Å². The molecule has 2 aliphatic carbocycles. The van der Waals surface area contributed by atoms with Crippen molar-refractivity contribution in [3.05, 3.63) is 62.8 Å². The highest BCUT2D eigenvalue weighted by Crippen LogP contribution is 2.66. The summed E-state index contributed by atoms with van der Waals surface area (Å²) in [5, 5.41) is 25.4. The van der Waals surface area contributed by atoms with E-state index in [2.05, 4.69) is 34.3 Å². The number of hydrogen-bond acceptors (Lipinski definition) is 6. The molecule has 1 aromatic heterocycles. The molecule has 2 N–H and O–H groups in total. The van der Waals surface area contributed by atoms with Crippen LogP contribution in [0.5, 0.6) is 11.5 Å². The summed E-state index contributed by atoms with van der Waals surface area (Å²) in [6.07, 6.45) is 6.88. The number of carbonyl (C=O) groups is 1. The van der Waals surface area contributed by atoms with E-state index in [4.69, 9.17) is 4.74 Å². The lowest BCUT2D eigenvalue weighted by molar-refractivity contribution is -0.210. The molecule has 0 radical (unpaired) electrons. The van der Waals surface area contributed by atoms with Crippen LogP contribution in [-0.4, -0.2) is 69.8 Å². The van der Waals surface area contributed by atoms with Crippen molar-refractivity contribution in [3.8, 4) is 11.5 Å². The molecule has 2 aromatic rings. The van der Waals surface area contributed by atoms with E-state index in [1.165, 1.54) is 0 Å². The van der Waals surface area contributed by atoms with Crippen LogP contribution < -0.4 is 4.74 Å². The Labute approximate surface area is 224 Å². The average Bonchev–Trinajstić information content (AvgIpc) is 3.41. The molecule has 2 aliphatic heterocycles. The second kappa shape index (κ2) is 8.45. The summed E-state index contributed by atoms with van der Waals surface area (Å²) in [4.78, 5) is 18.5. The van der Waals surface area contributed by atoms with Gasteiger partial charge < -0.3 is 19.8 Å². The van der Waals surface area contributed by atoms with E-state index in [1.54, 1.807) is 28.4 Å². The summed E-state index contributed by atoms with van der Waals surface area (Å²) in [6, 6.07) is 5.35. The van der Waals surface area contributed by atoms with Crippen LogP contribution in [0, 0.1) is 5.92 Å². The molecule has 4 aliphatic rings. The zero-order valence-corrected chi connectivity index (χ0v) is 22.9. The van der Waals surface area contributed by atoms with Gasteiger partial charge in [-0.05, 0) is 71.4 Å². The number of phenolic OH excluding ortho intramolecular Hbond substituents is 1. The summed E-state index contributed by atoms with van der Waals surface area (Å²) in [5.74, 6) is 0.495. The van der Waals surface area contributed by atoms with Gasteiger partial charge in [-0.1, -0.05) is 19.1 Å². The molecule has 2 fully saturated rings. The van der Waals surface area contributed by atoms with Crippen molar-refractivity contribution < 1.29 is 19.7 Å². The highest BCUT2D eigenvalue weighted by atomic mass is 79.9. The van der Waals surface area contributed by atoms with Gasteiger partial charge in [-0.25, -0.2) is 0 Å². The Bertz CT molecular complexity index is 1280. The summed E-state index contributed by atoms with van der Waals surface area (Å²) in [7, 11) is 1.83. The number of likely N-dealkylation sites (N-methyl/N-ethyl adjacent to an activating group) is 1. The molecule has 1 amide bonds. The number of rotatable bonds is 5. The third-order valence-corrected chi connectivity index (χ3v) is 10.7. The average molecular weight is 572 g/mol. The maximum absolute atomic E-state index is 13.4. The quantitative estimate of drug-likeness (QED) is 0.413. The van der Waals surface area contributed by atoms with Crippen molar-refractivity contribution in [2.75, 3.05) is 20.1 Å². The van der Waals surface area contributed by atoms with Gasteiger partial charge in [0.2, 0.25) is 5.91 Å². The zero-order valence-electron chi connectivity index (χ0n) is 20.5. The van der Waals surface area contributed by atoms with Gasteiger partial charge in [0.15, 0.2) is 11.5 Å². The lowest BCUT2D eigenvalue weighted by atomic mass is 9.46. The maximum Gasteiger partial charge on any atom is 0.246 e. The number of ether oxygens (including phenoxy) is 1. The summed E-state index contributed by atoms with van der Waals surface area (Å²) in [6.45, 7) is 7.57. The second-order valence-corrected chi connectivity index (χ2v) is 12.6. The van der Waals surface area contributed by atoms with Crippen molar-refractivity contribution in [1.29, 1.82) is 0 Å². The van der Waals surface area contributed by atoms with Crippen LogP contribution in [0.25, 0.3) is 6.08 Å². The number of aromatic hydroxyl groups is 1. The van der Waals surface area contributed by atoms with E-state index in [9.17, 15) is 15.0 Å². The van der Waals surface area contributed by atoms with E-state index in [1.807, 2.05) is 36.7 Å². The molecular formula is C28H31BrN2O4S. The van der Waals surface area contributed by atoms with Gasteiger partial charge in [0, 0.05) is 46.0 Å². The number of likely N-dealkylation sites (tertiary alicyclic amines) is 1. The fourth-order valence-corrected chi connectivity index (χ4v) is 9.02. The predicted octanol–water partition coefficient (Wildman–Crippen LogP) is 4.34. The number of nitrogens with zero attached hydrogens (tertiary/aromatic N) is 2. The largest absolute Gasteiger partial charge is 0.504 e. The molecule has 8 heteroatoms. The number of aliphatic hydroxyl groups is 1. The second-order valence-electron chi connectivity index (χ2n) is 10.8. The van der Waals surface area contributed by atoms with Crippen molar-refractivity contribution in [2.24, 2.45) is 5.92 Å². The molecule has 6 atom stereocenters. The number of benzene rings is 1. The predicted molar refractivity (Wildman–Crippen MR) is 144 cm³/mol. The number of carbonyl (C=O) groups excluding carboxylic acids is 1. The minimum atomic E-state index is -1.02. The molecule has 6 rings (SSSR count). The fourth-order valence-electron chi connectivity index (χ4n) is 7.68. The fraction of sp³-hybridized carbons (Fsp3) is 0.464. The monoisotopic (exact) mass is 570 g/mol. The van der Waals surface area contributed by atoms with Crippen molar-refractivity contribution in [2.45, 2.75) is 55.4 Å². The molecule has 190 valence electrons. The molecule has 1 saturated carbocycles. The first-order chi connectivity index (χ1) is 17.2. The summed E-state index contributed by atoms with van der Waals surface area (Å²) < 4.78 is 7.61. The topological polar surface area (TPSA) is 73.2 Å². The standard InChI is InChI=1S/C28H31BrN2O4S/c1-4-10-31-11-9-27-23-17-5-7-20(32)25(23)35-26(27)24(16(2)14-28(27,34)21(31)12-17)30(3)22(33)8-6-19-13-18(29)15-36-19/h4-8,13,15-16,21,24,26,32,34H,1,9-12,14H2,2-3H3/b8-6+/t16-,21-,24+,26+,27+,28-/m1/s1. The van der Waals surface area contributed by atoms with Gasteiger partial charge in [-0.15, -0.1) is 17.9 Å². The molecule has 36 heavy (non-hydrogen) atoms. The van der Waals surface area contributed by atoms with Gasteiger partial charge in [0.05, 0.1) is 17.1 Å². The molecular weight excluding hydrogens is 540 g/mol. The Morgan fingerprint density at radius 3 is 2.97 bits per heavy atom. The van der Waals surface area contributed by atoms with E-state index >= 15 is 0 Å². The van der Waals surface area contributed by atoms with Crippen molar-refractivity contribution >= 4 is 39.2 Å². The Balaban J connectivity index is 1.42. The molecule has 1 aromatic carbocycles. The lowest BCUT2D eigenvalue weighted by Gasteiger charge is -2.65. The Morgan fingerprint density at radius 1 is 1.44 bits per heavy atom. The van der Waals surface area contributed by atoms with Crippen molar-refractivity contribution in [3.63, 3.8) is 0 Å². The van der Waals surface area contributed by atoms with E-state index < -0.39 is 17.1 Å². The van der Waals surface area contributed by atoms with Crippen LogP contribution in [0.3, 0.4) is 0 Å². The smallest absolute Gasteiger partial charge is 0.246 e. The number of halogens is 1. The molecule has 6 nitrogen and oxygen atoms in total. The van der Waals surface area contributed by atoms with Gasteiger partial charge in [0.25, 0.3) is 0 Å². The third kappa shape index (κ3) is 3.17. The van der Waals surface area contributed by atoms with Crippen LogP contribution >= 0.6 is 27.3 Å². The first kappa shape index (κ1) is 24.2. The minimum absolute atomic E-state index is 0.00413. The lowest BCUT2D eigenvalue weighted by Crippen LogP contribution is -2.79. The van der Waals surface area contributed by atoms with Crippen LogP contribution in [0.4, 0.5) is 0 Å². The van der Waals surface area contributed by atoms with E-state index in [0.29, 0.717) is 31.6 Å². The van der Waals surface area contributed by atoms with E-state index in [-0.39, 0.29) is 29.7 Å². The first-order valence-electron chi connectivity index (χ1n) is 12.5. The third-order valence-electron chi connectivity index (χ3n) is 9.03. The maximum atomic E-state index is 13.4. The van der Waals surface area contributed by atoms with Crippen molar-refractivity contribution in [1.82, 2.24) is 9.80 Å². The SMILES string of the molecule is C=CCN1CC[C@]23c4c5ccc(O)c4O[C@H]2[C@@H](N(C)C(=O)/C=C/c2cc(Br)cs2)[C@H](C)C[C@@]3(O)[C@H]1C5. The molecule has 2 bridgehead atoms. The van der Waals surface area contributed by atoms with Crippen LogP contribution in [0.2, 0.25) is 0 Å². The number of phenols is 1. The van der Waals surface area contributed by atoms with Gasteiger partial charge in [-0.2, -0.15) is 0 Å². The Kier molecular flexibility index (Phi) is 5.68. The van der Waals surface area contributed by atoms with Crippen LogP contribution in [0.1, 0.15) is 35.8 Å². The minimum Gasteiger partial charge on any atom is -0.504 e. The van der Waals surface area contributed by atoms with Crippen LogP contribution in [0.15, 0.2) is 46.8 Å². The highest BCUT2D eigenvalue weighted by molar-refractivity contribution is 9.10. The summed E-state index contributed by atoms with van der Waals surface area (Å²) in [5.41, 5.74) is 0.384. The normalized spacial score (nSPS) is 34.3. The molecule has 3 heterocycles. The number of amides is 1. The number of hydrogen-bond donors (Lipinski definition) is 2. The Hall–Kier alpha value is -2.13. The molecule has 0 unspecified atom stereocenters. The Morgan fingerprint density at radius 2 is 2.25 bits per heavy atom. The van der Waals surface area contributed by atoms with Gasteiger partial charge in [-0.3, -0.25) is 9.69 Å². The molecule has 1 saturated heterocycles. The van der Waals surface area contributed by atoms with Gasteiger partial charge >= 0.3 is 0 Å². The van der Waals surface area contributed by atoms with Crippen LogP contribution in [-0.2, 0) is 16.6 Å².